The zero-order chi connectivity index (χ0) is 22.1. The van der Waals surface area contributed by atoms with Crippen molar-refractivity contribution in [2.45, 2.75) is 26.5 Å². The Labute approximate surface area is 175 Å². The summed E-state index contributed by atoms with van der Waals surface area (Å²) in [6, 6.07) is 11.7. The molecule has 0 aliphatic heterocycles. The molecule has 8 heteroatoms. The summed E-state index contributed by atoms with van der Waals surface area (Å²) in [5.41, 5.74) is 1.35. The van der Waals surface area contributed by atoms with Crippen LogP contribution in [0.2, 0.25) is 0 Å². The Hall–Kier alpha value is -3.55. The maximum Gasteiger partial charge on any atom is 0.344 e. The van der Waals surface area contributed by atoms with Gasteiger partial charge in [-0.15, -0.1) is 0 Å². The summed E-state index contributed by atoms with van der Waals surface area (Å²) in [6.45, 7) is 2.82. The lowest BCUT2D eigenvalue weighted by Gasteiger charge is -2.15. The fourth-order valence-electron chi connectivity index (χ4n) is 2.54. The molecule has 0 saturated heterocycles. The van der Waals surface area contributed by atoms with E-state index >= 15 is 0 Å². The second-order valence-electron chi connectivity index (χ2n) is 6.41. The minimum Gasteiger partial charge on any atom is -0.493 e. The SMILES string of the molecule is COc1ccc(CNC(=O)[C@H](C)OC(=O)COc2ccc(C(C)=O)cc2)cc1OC. The third kappa shape index (κ3) is 6.51. The zero-order valence-corrected chi connectivity index (χ0v) is 17.4. The molecule has 1 N–H and O–H groups in total. The number of carbonyl (C=O) groups is 3. The highest BCUT2D eigenvalue weighted by Crippen LogP contribution is 2.27. The molecule has 0 unspecified atom stereocenters. The van der Waals surface area contributed by atoms with Gasteiger partial charge in [-0.3, -0.25) is 9.59 Å². The van der Waals surface area contributed by atoms with Crippen molar-refractivity contribution in [3.8, 4) is 17.2 Å². The van der Waals surface area contributed by atoms with Gasteiger partial charge in [0.25, 0.3) is 5.91 Å². The molecule has 0 aliphatic carbocycles. The fraction of sp³-hybridized carbons (Fsp3) is 0.318. The second-order valence-corrected chi connectivity index (χ2v) is 6.41. The van der Waals surface area contributed by atoms with Gasteiger partial charge in [-0.2, -0.15) is 0 Å². The van der Waals surface area contributed by atoms with Crippen molar-refractivity contribution in [3.05, 3.63) is 53.6 Å². The highest BCUT2D eigenvalue weighted by molar-refractivity contribution is 5.94. The Morgan fingerprint density at radius 1 is 0.967 bits per heavy atom. The molecule has 0 aliphatic rings. The number of benzene rings is 2. The average Bonchev–Trinajstić information content (AvgIpc) is 2.75. The van der Waals surface area contributed by atoms with Gasteiger partial charge in [-0.1, -0.05) is 6.07 Å². The van der Waals surface area contributed by atoms with Crippen LogP contribution in [0.25, 0.3) is 0 Å². The summed E-state index contributed by atoms with van der Waals surface area (Å²) in [7, 11) is 3.07. The second kappa shape index (κ2) is 10.8. The van der Waals surface area contributed by atoms with E-state index in [9.17, 15) is 14.4 Å². The number of Topliss-reactive ketones (excluding diaryl/α,β-unsaturated/α-hetero) is 1. The average molecular weight is 415 g/mol. The molecular weight excluding hydrogens is 390 g/mol. The minimum atomic E-state index is -0.985. The van der Waals surface area contributed by atoms with Gasteiger partial charge in [-0.05, 0) is 55.8 Å². The van der Waals surface area contributed by atoms with E-state index < -0.39 is 18.0 Å². The number of rotatable bonds is 10. The van der Waals surface area contributed by atoms with Crippen LogP contribution in [0.5, 0.6) is 17.2 Å². The first-order chi connectivity index (χ1) is 14.3. The van der Waals surface area contributed by atoms with Crippen LogP contribution in [-0.2, 0) is 20.9 Å². The summed E-state index contributed by atoms with van der Waals surface area (Å²) in [5.74, 6) is 0.378. The molecule has 30 heavy (non-hydrogen) atoms. The van der Waals surface area contributed by atoms with Gasteiger partial charge in [0.1, 0.15) is 5.75 Å². The van der Waals surface area contributed by atoms with Gasteiger partial charge >= 0.3 is 5.97 Å². The van der Waals surface area contributed by atoms with Crippen LogP contribution >= 0.6 is 0 Å². The van der Waals surface area contributed by atoms with E-state index in [1.165, 1.54) is 21.0 Å². The number of methoxy groups -OCH3 is 2. The lowest BCUT2D eigenvalue weighted by molar-refractivity contribution is -0.156. The number of hydrogen-bond donors (Lipinski definition) is 1. The summed E-state index contributed by atoms with van der Waals surface area (Å²) >= 11 is 0. The van der Waals surface area contributed by atoms with Crippen molar-refractivity contribution < 1.29 is 33.3 Å². The van der Waals surface area contributed by atoms with Crippen molar-refractivity contribution in [2.75, 3.05) is 20.8 Å². The normalized spacial score (nSPS) is 11.2. The number of hydrogen-bond acceptors (Lipinski definition) is 7. The lowest BCUT2D eigenvalue weighted by atomic mass is 10.1. The molecule has 0 aromatic heterocycles. The van der Waals surface area contributed by atoms with Gasteiger partial charge in [-0.25, -0.2) is 4.79 Å². The van der Waals surface area contributed by atoms with Crippen LogP contribution in [0, 0.1) is 0 Å². The Morgan fingerprint density at radius 3 is 2.23 bits per heavy atom. The van der Waals surface area contributed by atoms with Crippen LogP contribution in [0.4, 0.5) is 0 Å². The van der Waals surface area contributed by atoms with Gasteiger partial charge in [0.15, 0.2) is 30.0 Å². The molecule has 0 fully saturated rings. The largest absolute Gasteiger partial charge is 0.493 e. The third-order valence-electron chi connectivity index (χ3n) is 4.21. The fourth-order valence-corrected chi connectivity index (χ4v) is 2.54. The van der Waals surface area contributed by atoms with Crippen LogP contribution in [0.1, 0.15) is 29.8 Å². The predicted molar refractivity (Wildman–Crippen MR) is 109 cm³/mol. The van der Waals surface area contributed by atoms with E-state index in [0.717, 1.165) is 5.56 Å². The van der Waals surface area contributed by atoms with Gasteiger partial charge in [0.05, 0.1) is 14.2 Å². The standard InChI is InChI=1S/C22H25NO7/c1-14(24)17-6-8-18(9-7-17)29-13-21(25)30-15(2)22(26)23-12-16-5-10-19(27-3)20(11-16)28-4/h5-11,15H,12-13H2,1-4H3,(H,23,26)/t15-/m0/s1. The molecule has 1 amide bonds. The van der Waals surface area contributed by atoms with E-state index in [-0.39, 0.29) is 18.9 Å². The molecule has 1 atom stereocenters. The van der Waals surface area contributed by atoms with Crippen molar-refractivity contribution in [3.63, 3.8) is 0 Å². The maximum absolute atomic E-state index is 12.2. The van der Waals surface area contributed by atoms with Crippen LogP contribution in [0.15, 0.2) is 42.5 Å². The number of amides is 1. The summed E-state index contributed by atoms with van der Waals surface area (Å²) in [6.07, 6.45) is -0.985. The van der Waals surface area contributed by atoms with Crippen LogP contribution in [-0.4, -0.2) is 44.6 Å². The van der Waals surface area contributed by atoms with E-state index in [4.69, 9.17) is 18.9 Å². The third-order valence-corrected chi connectivity index (χ3v) is 4.21. The van der Waals surface area contributed by atoms with Crippen molar-refractivity contribution in [1.82, 2.24) is 5.32 Å². The molecule has 2 aromatic carbocycles. The number of ether oxygens (including phenoxy) is 4. The van der Waals surface area contributed by atoms with E-state index in [2.05, 4.69) is 5.32 Å². The molecular formula is C22H25NO7. The van der Waals surface area contributed by atoms with Crippen LogP contribution < -0.4 is 19.5 Å². The monoisotopic (exact) mass is 415 g/mol. The van der Waals surface area contributed by atoms with Gasteiger partial charge in [0.2, 0.25) is 0 Å². The minimum absolute atomic E-state index is 0.0612. The lowest BCUT2D eigenvalue weighted by Crippen LogP contribution is -2.36. The summed E-state index contributed by atoms with van der Waals surface area (Å²) < 4.78 is 20.8. The zero-order valence-electron chi connectivity index (χ0n) is 17.4. The van der Waals surface area contributed by atoms with Gasteiger partial charge in [0, 0.05) is 12.1 Å². The molecule has 0 bridgehead atoms. The van der Waals surface area contributed by atoms with E-state index in [1.54, 1.807) is 49.6 Å². The first-order valence-electron chi connectivity index (χ1n) is 9.26. The van der Waals surface area contributed by atoms with E-state index in [1.807, 2.05) is 0 Å². The van der Waals surface area contributed by atoms with Crippen molar-refractivity contribution >= 4 is 17.7 Å². The quantitative estimate of drug-likeness (QED) is 0.470. The topological polar surface area (TPSA) is 100 Å². The van der Waals surface area contributed by atoms with Gasteiger partial charge < -0.3 is 24.3 Å². The Morgan fingerprint density at radius 2 is 1.63 bits per heavy atom. The van der Waals surface area contributed by atoms with Crippen molar-refractivity contribution in [1.29, 1.82) is 0 Å². The number of esters is 1. The molecule has 2 rings (SSSR count). The van der Waals surface area contributed by atoms with E-state index in [0.29, 0.717) is 22.8 Å². The number of nitrogens with one attached hydrogen (secondary N) is 1. The smallest absolute Gasteiger partial charge is 0.344 e. The Balaban J connectivity index is 1.79. The summed E-state index contributed by atoms with van der Waals surface area (Å²) in [4.78, 5) is 35.4. The highest BCUT2D eigenvalue weighted by Gasteiger charge is 2.18. The first-order valence-corrected chi connectivity index (χ1v) is 9.26. The number of carbonyl (C=O) groups excluding carboxylic acids is 3. The molecule has 160 valence electrons. The molecule has 0 radical (unpaired) electrons. The molecule has 8 nitrogen and oxygen atoms in total. The Bertz CT molecular complexity index is 893. The molecule has 0 saturated carbocycles. The highest BCUT2D eigenvalue weighted by atomic mass is 16.6. The summed E-state index contributed by atoms with van der Waals surface area (Å²) in [5, 5.41) is 2.70. The first kappa shape index (κ1) is 22.7. The van der Waals surface area contributed by atoms with Crippen molar-refractivity contribution in [2.24, 2.45) is 0 Å². The predicted octanol–water partition coefficient (Wildman–Crippen LogP) is 2.53. The van der Waals surface area contributed by atoms with Crippen LogP contribution in [0.3, 0.4) is 0 Å². The maximum atomic E-state index is 12.2. The molecule has 0 spiro atoms. The molecule has 0 heterocycles. The Kier molecular flexibility index (Phi) is 8.22. The number of ketones is 1. The molecule has 2 aromatic rings.